The van der Waals surface area contributed by atoms with Crippen molar-refractivity contribution in [1.82, 2.24) is 0 Å². The van der Waals surface area contributed by atoms with E-state index < -0.39 is 10.0 Å². The van der Waals surface area contributed by atoms with Crippen LogP contribution in [0.3, 0.4) is 0 Å². The highest BCUT2D eigenvalue weighted by atomic mass is 32.2. The van der Waals surface area contributed by atoms with E-state index in [1.807, 2.05) is 12.1 Å². The molecule has 0 aromatic heterocycles. The SMILES string of the molecule is CCCc1ccc(Nc2ccc(S(N)(=O)=O)c(N)c2)cc1. The predicted molar refractivity (Wildman–Crippen MR) is 85.9 cm³/mol. The Morgan fingerprint density at radius 2 is 1.67 bits per heavy atom. The number of hydrogen-bond acceptors (Lipinski definition) is 4. The molecule has 0 saturated carbocycles. The third-order valence-corrected chi connectivity index (χ3v) is 4.08. The zero-order chi connectivity index (χ0) is 15.5. The molecule has 0 radical (unpaired) electrons. The van der Waals surface area contributed by atoms with E-state index in [-0.39, 0.29) is 10.6 Å². The Balaban J connectivity index is 2.18. The van der Waals surface area contributed by atoms with Gasteiger partial charge in [-0.25, -0.2) is 13.6 Å². The van der Waals surface area contributed by atoms with Crippen LogP contribution in [0.4, 0.5) is 17.1 Å². The minimum atomic E-state index is -3.79. The van der Waals surface area contributed by atoms with Crippen LogP contribution in [0.25, 0.3) is 0 Å². The maximum absolute atomic E-state index is 11.3. The summed E-state index contributed by atoms with van der Waals surface area (Å²) >= 11 is 0. The molecular weight excluding hydrogens is 286 g/mol. The highest BCUT2D eigenvalue weighted by molar-refractivity contribution is 7.89. The van der Waals surface area contributed by atoms with Crippen molar-refractivity contribution in [3.8, 4) is 0 Å². The zero-order valence-electron chi connectivity index (χ0n) is 11.8. The van der Waals surface area contributed by atoms with Gasteiger partial charge in [0, 0.05) is 11.4 Å². The van der Waals surface area contributed by atoms with Crippen molar-refractivity contribution in [3.63, 3.8) is 0 Å². The molecule has 0 atom stereocenters. The van der Waals surface area contributed by atoms with Crippen LogP contribution in [-0.2, 0) is 16.4 Å². The van der Waals surface area contributed by atoms with E-state index in [1.165, 1.54) is 11.6 Å². The molecule has 0 saturated heterocycles. The summed E-state index contributed by atoms with van der Waals surface area (Å²) in [6, 6.07) is 12.7. The minimum Gasteiger partial charge on any atom is -0.398 e. The topological polar surface area (TPSA) is 98.2 Å². The van der Waals surface area contributed by atoms with E-state index in [2.05, 4.69) is 24.4 Å². The zero-order valence-corrected chi connectivity index (χ0v) is 12.7. The third-order valence-electron chi connectivity index (χ3n) is 3.10. The van der Waals surface area contributed by atoms with Crippen LogP contribution in [0.5, 0.6) is 0 Å². The second-order valence-corrected chi connectivity index (χ2v) is 6.40. The average Bonchev–Trinajstić information content (AvgIpc) is 2.40. The van der Waals surface area contributed by atoms with Crippen LogP contribution < -0.4 is 16.2 Å². The molecule has 6 heteroatoms. The Labute approximate surface area is 125 Å². The second-order valence-electron chi connectivity index (χ2n) is 4.87. The van der Waals surface area contributed by atoms with Crippen molar-refractivity contribution >= 4 is 27.1 Å². The van der Waals surface area contributed by atoms with Gasteiger partial charge in [0.2, 0.25) is 10.0 Å². The van der Waals surface area contributed by atoms with Crippen molar-refractivity contribution in [2.24, 2.45) is 5.14 Å². The number of anilines is 3. The largest absolute Gasteiger partial charge is 0.398 e. The van der Waals surface area contributed by atoms with E-state index >= 15 is 0 Å². The van der Waals surface area contributed by atoms with Crippen molar-refractivity contribution in [2.75, 3.05) is 11.1 Å². The number of aryl methyl sites for hydroxylation is 1. The molecule has 0 fully saturated rings. The number of sulfonamides is 1. The van der Waals surface area contributed by atoms with Gasteiger partial charge in [0.1, 0.15) is 4.90 Å². The fraction of sp³-hybridized carbons (Fsp3) is 0.200. The molecule has 0 bridgehead atoms. The van der Waals surface area contributed by atoms with E-state index in [1.54, 1.807) is 12.1 Å². The lowest BCUT2D eigenvalue weighted by Gasteiger charge is -2.10. The number of benzene rings is 2. The Morgan fingerprint density at radius 1 is 1.05 bits per heavy atom. The first kappa shape index (κ1) is 15.3. The number of rotatable bonds is 5. The maximum Gasteiger partial charge on any atom is 0.240 e. The van der Waals surface area contributed by atoms with Gasteiger partial charge in [0.05, 0.1) is 5.69 Å². The highest BCUT2D eigenvalue weighted by Crippen LogP contribution is 2.24. The molecule has 2 aromatic carbocycles. The van der Waals surface area contributed by atoms with Gasteiger partial charge in [-0.15, -0.1) is 0 Å². The molecule has 0 spiro atoms. The second kappa shape index (κ2) is 6.15. The van der Waals surface area contributed by atoms with Crippen LogP contribution in [0.15, 0.2) is 47.4 Å². The van der Waals surface area contributed by atoms with Gasteiger partial charge < -0.3 is 11.1 Å². The van der Waals surface area contributed by atoms with E-state index in [9.17, 15) is 8.42 Å². The fourth-order valence-electron chi connectivity index (χ4n) is 2.10. The van der Waals surface area contributed by atoms with Gasteiger partial charge in [-0.3, -0.25) is 0 Å². The number of primary sulfonamides is 1. The van der Waals surface area contributed by atoms with Gasteiger partial charge >= 0.3 is 0 Å². The molecule has 0 aliphatic heterocycles. The Hall–Kier alpha value is -2.05. The molecule has 0 aliphatic rings. The van der Waals surface area contributed by atoms with Crippen LogP contribution >= 0.6 is 0 Å². The Morgan fingerprint density at radius 3 is 2.19 bits per heavy atom. The van der Waals surface area contributed by atoms with E-state index in [4.69, 9.17) is 10.9 Å². The number of nitrogens with one attached hydrogen (secondary N) is 1. The van der Waals surface area contributed by atoms with Crippen molar-refractivity contribution in [1.29, 1.82) is 0 Å². The third kappa shape index (κ3) is 3.96. The predicted octanol–water partition coefficient (Wildman–Crippen LogP) is 2.61. The lowest BCUT2D eigenvalue weighted by atomic mass is 10.1. The first-order chi connectivity index (χ1) is 9.90. The summed E-state index contributed by atoms with van der Waals surface area (Å²) in [4.78, 5) is -0.0636. The van der Waals surface area contributed by atoms with E-state index in [0.29, 0.717) is 5.69 Å². The highest BCUT2D eigenvalue weighted by Gasteiger charge is 2.12. The first-order valence-electron chi connectivity index (χ1n) is 6.68. The van der Waals surface area contributed by atoms with Crippen molar-refractivity contribution in [3.05, 3.63) is 48.0 Å². The van der Waals surface area contributed by atoms with Crippen LogP contribution in [0, 0.1) is 0 Å². The maximum atomic E-state index is 11.3. The summed E-state index contributed by atoms with van der Waals surface area (Å²) in [5, 5.41) is 8.25. The molecule has 5 N–H and O–H groups in total. The average molecular weight is 305 g/mol. The molecule has 0 unspecified atom stereocenters. The summed E-state index contributed by atoms with van der Waals surface area (Å²) in [7, 11) is -3.79. The van der Waals surface area contributed by atoms with Gasteiger partial charge in [-0.05, 0) is 42.3 Å². The van der Waals surface area contributed by atoms with Crippen LogP contribution in [-0.4, -0.2) is 8.42 Å². The molecule has 0 amide bonds. The molecule has 2 rings (SSSR count). The molecule has 5 nitrogen and oxygen atoms in total. The van der Waals surface area contributed by atoms with Gasteiger partial charge in [0.25, 0.3) is 0 Å². The summed E-state index contributed by atoms with van der Waals surface area (Å²) in [6.45, 7) is 2.14. The molecule has 21 heavy (non-hydrogen) atoms. The molecular formula is C15H19N3O2S. The lowest BCUT2D eigenvalue weighted by molar-refractivity contribution is 0.598. The number of nitrogen functional groups attached to an aromatic ring is 1. The summed E-state index contributed by atoms with van der Waals surface area (Å²) in [5.41, 5.74) is 8.77. The van der Waals surface area contributed by atoms with Crippen LogP contribution in [0.2, 0.25) is 0 Å². The van der Waals surface area contributed by atoms with Crippen molar-refractivity contribution < 1.29 is 8.42 Å². The first-order valence-corrected chi connectivity index (χ1v) is 8.23. The summed E-state index contributed by atoms with van der Waals surface area (Å²) < 4.78 is 22.6. The van der Waals surface area contributed by atoms with Gasteiger partial charge in [0.15, 0.2) is 0 Å². The molecule has 0 heterocycles. The minimum absolute atomic E-state index is 0.0636. The van der Waals surface area contributed by atoms with E-state index in [0.717, 1.165) is 18.5 Å². The molecule has 112 valence electrons. The fourth-order valence-corrected chi connectivity index (χ4v) is 2.74. The van der Waals surface area contributed by atoms with Crippen molar-refractivity contribution in [2.45, 2.75) is 24.7 Å². The smallest absolute Gasteiger partial charge is 0.240 e. The quantitative estimate of drug-likeness (QED) is 0.739. The molecule has 0 aliphatic carbocycles. The summed E-state index contributed by atoms with van der Waals surface area (Å²) in [5.74, 6) is 0. The normalized spacial score (nSPS) is 11.3. The number of hydrogen-bond donors (Lipinski definition) is 3. The number of nitrogens with two attached hydrogens (primary N) is 2. The van der Waals surface area contributed by atoms with Gasteiger partial charge in [-0.1, -0.05) is 25.5 Å². The lowest BCUT2D eigenvalue weighted by Crippen LogP contribution is -2.14. The standard InChI is InChI=1S/C15H19N3O2S/c1-2-3-11-4-6-12(7-5-11)18-13-8-9-15(14(16)10-13)21(17,19)20/h4-10,18H,2-3,16H2,1H3,(H2,17,19,20). The Kier molecular flexibility index (Phi) is 4.50. The molecule has 2 aromatic rings. The van der Waals surface area contributed by atoms with Crippen LogP contribution in [0.1, 0.15) is 18.9 Å². The monoisotopic (exact) mass is 305 g/mol. The Bertz CT molecular complexity index is 725. The van der Waals surface area contributed by atoms with Gasteiger partial charge in [-0.2, -0.15) is 0 Å². The summed E-state index contributed by atoms with van der Waals surface area (Å²) in [6.07, 6.45) is 2.16.